The Labute approximate surface area is 96.2 Å². The van der Waals surface area contributed by atoms with Crippen molar-refractivity contribution < 1.29 is 0 Å². The van der Waals surface area contributed by atoms with Crippen LogP contribution in [0.15, 0.2) is 24.4 Å². The van der Waals surface area contributed by atoms with Gasteiger partial charge in [-0.1, -0.05) is 49.1 Å². The molecular weight excluding hydrogens is 206 g/mol. The van der Waals surface area contributed by atoms with Crippen molar-refractivity contribution in [1.82, 2.24) is 4.98 Å². The Morgan fingerprint density at radius 1 is 1.20 bits per heavy atom. The van der Waals surface area contributed by atoms with Gasteiger partial charge in [0.15, 0.2) is 0 Å². The number of hydrogen-bond acceptors (Lipinski definition) is 1. The van der Waals surface area contributed by atoms with Crippen molar-refractivity contribution in [3.05, 3.63) is 35.1 Å². The van der Waals surface area contributed by atoms with Gasteiger partial charge in [0, 0.05) is 6.20 Å². The second-order valence-electron chi connectivity index (χ2n) is 4.17. The number of allylic oxidation sites excluding steroid dienone is 1. The zero-order valence-electron chi connectivity index (χ0n) is 8.82. The van der Waals surface area contributed by atoms with E-state index < -0.39 is 0 Å². The minimum atomic E-state index is 0.560. The van der Waals surface area contributed by atoms with E-state index in [-0.39, 0.29) is 0 Å². The predicted molar refractivity (Wildman–Crippen MR) is 64.9 cm³/mol. The minimum absolute atomic E-state index is 0.560. The van der Waals surface area contributed by atoms with Gasteiger partial charge in [-0.25, -0.2) is 4.98 Å². The van der Waals surface area contributed by atoms with Gasteiger partial charge in [0.25, 0.3) is 0 Å². The van der Waals surface area contributed by atoms with Crippen LogP contribution < -0.4 is 0 Å². The van der Waals surface area contributed by atoms with Crippen LogP contribution in [0.3, 0.4) is 0 Å². The number of aromatic nitrogens is 1. The average Bonchev–Trinajstić information content (AvgIpc) is 2.30. The van der Waals surface area contributed by atoms with E-state index >= 15 is 0 Å². The van der Waals surface area contributed by atoms with Crippen LogP contribution >= 0.6 is 11.6 Å². The maximum absolute atomic E-state index is 5.73. The molecule has 1 saturated carbocycles. The maximum Gasteiger partial charge on any atom is 0.129 e. The fourth-order valence-electron chi connectivity index (χ4n) is 2.06. The molecule has 0 aromatic carbocycles. The minimum Gasteiger partial charge on any atom is -0.244 e. The molecule has 0 amide bonds. The Balaban J connectivity index is 1.95. The molecule has 0 unspecified atom stereocenters. The van der Waals surface area contributed by atoms with Gasteiger partial charge in [0.2, 0.25) is 0 Å². The van der Waals surface area contributed by atoms with Crippen molar-refractivity contribution in [2.45, 2.75) is 32.1 Å². The van der Waals surface area contributed by atoms with Crippen molar-refractivity contribution in [2.24, 2.45) is 5.92 Å². The largest absolute Gasteiger partial charge is 0.244 e. The number of hydrogen-bond donors (Lipinski definition) is 0. The third-order valence-corrected chi connectivity index (χ3v) is 3.18. The summed E-state index contributed by atoms with van der Waals surface area (Å²) in [5.41, 5.74) is 1.14. The summed E-state index contributed by atoms with van der Waals surface area (Å²) in [7, 11) is 0. The zero-order chi connectivity index (χ0) is 10.5. The number of halogens is 1. The number of pyridine rings is 1. The van der Waals surface area contributed by atoms with Crippen LogP contribution in [0.2, 0.25) is 5.15 Å². The van der Waals surface area contributed by atoms with Gasteiger partial charge >= 0.3 is 0 Å². The van der Waals surface area contributed by atoms with Crippen LogP contribution in [0, 0.1) is 5.92 Å². The lowest BCUT2D eigenvalue weighted by Crippen LogP contribution is -2.02. The van der Waals surface area contributed by atoms with Crippen LogP contribution in [0.5, 0.6) is 0 Å². The topological polar surface area (TPSA) is 12.9 Å². The van der Waals surface area contributed by atoms with Crippen molar-refractivity contribution in [3.63, 3.8) is 0 Å². The van der Waals surface area contributed by atoms with E-state index in [0.29, 0.717) is 5.15 Å². The third-order valence-electron chi connectivity index (χ3n) is 2.96. The van der Waals surface area contributed by atoms with E-state index in [9.17, 15) is 0 Å². The monoisotopic (exact) mass is 221 g/mol. The lowest BCUT2D eigenvalue weighted by Gasteiger charge is -2.17. The summed E-state index contributed by atoms with van der Waals surface area (Å²) in [5, 5.41) is 0.560. The Morgan fingerprint density at radius 3 is 2.67 bits per heavy atom. The highest BCUT2D eigenvalue weighted by molar-refractivity contribution is 6.29. The molecule has 0 saturated heterocycles. The molecule has 1 fully saturated rings. The normalized spacial score (nSPS) is 18.5. The lowest BCUT2D eigenvalue weighted by molar-refractivity contribution is 0.420. The van der Waals surface area contributed by atoms with Gasteiger partial charge in [-0.15, -0.1) is 0 Å². The average molecular weight is 222 g/mol. The zero-order valence-corrected chi connectivity index (χ0v) is 9.58. The van der Waals surface area contributed by atoms with Crippen molar-refractivity contribution >= 4 is 17.7 Å². The molecule has 0 radical (unpaired) electrons. The van der Waals surface area contributed by atoms with Gasteiger partial charge in [-0.2, -0.15) is 0 Å². The summed E-state index contributed by atoms with van der Waals surface area (Å²) in [5.74, 6) is 0.773. The lowest BCUT2D eigenvalue weighted by atomic mass is 9.89. The van der Waals surface area contributed by atoms with E-state index in [2.05, 4.69) is 17.1 Å². The molecule has 1 heterocycles. The maximum atomic E-state index is 5.73. The van der Waals surface area contributed by atoms with E-state index in [0.717, 1.165) is 11.5 Å². The van der Waals surface area contributed by atoms with Crippen LogP contribution in [-0.4, -0.2) is 4.98 Å². The van der Waals surface area contributed by atoms with Crippen molar-refractivity contribution in [2.75, 3.05) is 0 Å². The molecule has 1 aromatic rings. The Hall–Kier alpha value is -0.820. The molecule has 0 bridgehead atoms. The standard InChI is InChI=1S/C13H16ClN/c14-13-9-8-12(10-15-13)7-6-11-4-2-1-3-5-11/h6-11H,1-5H2/b7-6+. The Morgan fingerprint density at radius 2 is 2.00 bits per heavy atom. The highest BCUT2D eigenvalue weighted by Gasteiger charge is 2.09. The first-order valence-electron chi connectivity index (χ1n) is 5.64. The number of nitrogens with zero attached hydrogens (tertiary/aromatic N) is 1. The van der Waals surface area contributed by atoms with Gasteiger partial charge in [0.05, 0.1) is 0 Å². The first kappa shape index (κ1) is 10.7. The van der Waals surface area contributed by atoms with Gasteiger partial charge in [-0.05, 0) is 30.4 Å². The predicted octanol–water partition coefficient (Wildman–Crippen LogP) is 4.33. The molecule has 2 heteroatoms. The summed E-state index contributed by atoms with van der Waals surface area (Å²) < 4.78 is 0. The van der Waals surface area contributed by atoms with Crippen molar-refractivity contribution in [3.8, 4) is 0 Å². The third kappa shape index (κ3) is 3.35. The summed E-state index contributed by atoms with van der Waals surface area (Å²) in [6.45, 7) is 0. The molecule has 0 aliphatic heterocycles. The highest BCUT2D eigenvalue weighted by Crippen LogP contribution is 2.25. The number of rotatable bonds is 2. The summed E-state index contributed by atoms with van der Waals surface area (Å²) in [6.07, 6.45) is 13.2. The molecular formula is C13H16ClN. The van der Waals surface area contributed by atoms with Crippen LogP contribution in [0.1, 0.15) is 37.7 Å². The summed E-state index contributed by atoms with van der Waals surface area (Å²) >= 11 is 5.73. The summed E-state index contributed by atoms with van der Waals surface area (Å²) in [4.78, 5) is 4.06. The van der Waals surface area contributed by atoms with E-state index in [1.807, 2.05) is 18.3 Å². The fourth-order valence-corrected chi connectivity index (χ4v) is 2.17. The van der Waals surface area contributed by atoms with Crippen molar-refractivity contribution in [1.29, 1.82) is 0 Å². The van der Waals surface area contributed by atoms with E-state index in [1.165, 1.54) is 32.1 Å². The van der Waals surface area contributed by atoms with Crippen LogP contribution in [-0.2, 0) is 0 Å². The first-order valence-corrected chi connectivity index (χ1v) is 6.02. The molecule has 1 aliphatic rings. The molecule has 0 atom stereocenters. The van der Waals surface area contributed by atoms with Crippen LogP contribution in [0.25, 0.3) is 6.08 Å². The highest BCUT2D eigenvalue weighted by atomic mass is 35.5. The Kier molecular flexibility index (Phi) is 3.79. The summed E-state index contributed by atoms with van der Waals surface area (Å²) in [6, 6.07) is 3.84. The molecule has 1 nitrogen and oxygen atoms in total. The molecule has 1 aromatic heterocycles. The molecule has 80 valence electrons. The van der Waals surface area contributed by atoms with Gasteiger partial charge < -0.3 is 0 Å². The SMILES string of the molecule is Clc1ccc(/C=C/C2CCCCC2)cn1. The second-order valence-corrected chi connectivity index (χ2v) is 4.56. The fraction of sp³-hybridized carbons (Fsp3) is 0.462. The molecule has 15 heavy (non-hydrogen) atoms. The first-order chi connectivity index (χ1) is 7.34. The molecule has 1 aliphatic carbocycles. The second kappa shape index (κ2) is 5.32. The Bertz CT molecular complexity index is 323. The van der Waals surface area contributed by atoms with Crippen LogP contribution in [0.4, 0.5) is 0 Å². The quantitative estimate of drug-likeness (QED) is 0.678. The van der Waals surface area contributed by atoms with Gasteiger partial charge in [0.1, 0.15) is 5.15 Å². The van der Waals surface area contributed by atoms with E-state index in [4.69, 9.17) is 11.6 Å². The van der Waals surface area contributed by atoms with Gasteiger partial charge in [-0.3, -0.25) is 0 Å². The smallest absolute Gasteiger partial charge is 0.129 e. The van der Waals surface area contributed by atoms with E-state index in [1.54, 1.807) is 0 Å². The molecule has 0 N–H and O–H groups in total. The molecule has 2 rings (SSSR count). The molecule has 0 spiro atoms.